The van der Waals surface area contributed by atoms with Crippen LogP contribution in [0.5, 0.6) is 0 Å². The Hall–Kier alpha value is -2.73. The third-order valence-corrected chi connectivity index (χ3v) is 7.35. The van der Waals surface area contributed by atoms with Crippen LogP contribution in [0.2, 0.25) is 0 Å². The summed E-state index contributed by atoms with van der Waals surface area (Å²) in [7, 11) is 0. The van der Waals surface area contributed by atoms with Crippen molar-refractivity contribution in [1.82, 2.24) is 14.8 Å². The van der Waals surface area contributed by atoms with Crippen LogP contribution in [0.4, 0.5) is 5.69 Å². The molecule has 1 saturated heterocycles. The average Bonchev–Trinajstić information content (AvgIpc) is 3.12. The second kappa shape index (κ2) is 9.02. The number of benzene rings is 1. The molecular formula is C26H32N4O2. The van der Waals surface area contributed by atoms with Crippen LogP contribution >= 0.6 is 0 Å². The lowest BCUT2D eigenvalue weighted by molar-refractivity contribution is -0.133. The van der Waals surface area contributed by atoms with Crippen LogP contribution < -0.4 is 4.90 Å². The highest BCUT2D eigenvalue weighted by Gasteiger charge is 2.41. The minimum absolute atomic E-state index is 0.0723. The van der Waals surface area contributed by atoms with Crippen LogP contribution in [0.1, 0.15) is 66.2 Å². The molecule has 0 N–H and O–H groups in total. The lowest BCUT2D eigenvalue weighted by Crippen LogP contribution is -2.52. The molecular weight excluding hydrogens is 400 g/mol. The topological polar surface area (TPSA) is 56.8 Å². The molecule has 2 amide bonds. The number of piperazine rings is 1. The smallest absolute Gasteiger partial charge is 0.260 e. The van der Waals surface area contributed by atoms with Gasteiger partial charge in [0.05, 0.1) is 23.7 Å². The van der Waals surface area contributed by atoms with Gasteiger partial charge in [-0.2, -0.15) is 0 Å². The predicted octanol–water partition coefficient (Wildman–Crippen LogP) is 3.96. The van der Waals surface area contributed by atoms with E-state index < -0.39 is 0 Å². The average molecular weight is 433 g/mol. The molecule has 3 aliphatic rings. The van der Waals surface area contributed by atoms with Crippen molar-refractivity contribution in [2.45, 2.75) is 57.5 Å². The van der Waals surface area contributed by atoms with Crippen molar-refractivity contribution in [3.8, 4) is 0 Å². The number of hydrogen-bond donors (Lipinski definition) is 0. The fourth-order valence-electron chi connectivity index (χ4n) is 5.53. The molecule has 168 valence electrons. The molecule has 0 spiro atoms. The van der Waals surface area contributed by atoms with Gasteiger partial charge in [-0.1, -0.05) is 37.0 Å². The van der Waals surface area contributed by atoms with E-state index in [0.29, 0.717) is 17.3 Å². The van der Waals surface area contributed by atoms with Gasteiger partial charge in [0.25, 0.3) is 5.91 Å². The zero-order valence-electron chi connectivity index (χ0n) is 18.9. The number of carbonyl (C=O) groups is 2. The molecule has 1 aliphatic carbocycles. The summed E-state index contributed by atoms with van der Waals surface area (Å²) in [5.41, 5.74) is 3.28. The van der Waals surface area contributed by atoms with Gasteiger partial charge in [-0.05, 0) is 44.0 Å². The van der Waals surface area contributed by atoms with Crippen molar-refractivity contribution in [3.63, 3.8) is 0 Å². The lowest BCUT2D eigenvalue weighted by Gasteiger charge is -2.41. The van der Waals surface area contributed by atoms with Gasteiger partial charge in [0.2, 0.25) is 5.91 Å². The minimum Gasteiger partial charge on any atom is -0.340 e. The van der Waals surface area contributed by atoms with Gasteiger partial charge in [-0.15, -0.1) is 0 Å². The van der Waals surface area contributed by atoms with Crippen molar-refractivity contribution in [2.24, 2.45) is 0 Å². The Labute approximate surface area is 190 Å². The third kappa shape index (κ3) is 4.04. The number of rotatable bonds is 4. The number of hydrogen-bond acceptors (Lipinski definition) is 4. The summed E-state index contributed by atoms with van der Waals surface area (Å²) in [6.45, 7) is 5.48. The van der Waals surface area contributed by atoms with Crippen LogP contribution in [0, 0.1) is 6.92 Å². The number of aryl methyl sites for hydroxylation is 1. The number of carbonyl (C=O) groups excluding carboxylic acids is 2. The second-order valence-electron chi connectivity index (χ2n) is 9.38. The maximum Gasteiger partial charge on any atom is 0.260 e. The molecule has 1 saturated carbocycles. The zero-order valence-corrected chi connectivity index (χ0v) is 18.9. The molecule has 2 fully saturated rings. The Morgan fingerprint density at radius 2 is 1.72 bits per heavy atom. The van der Waals surface area contributed by atoms with Gasteiger partial charge in [0.1, 0.15) is 0 Å². The van der Waals surface area contributed by atoms with Gasteiger partial charge in [0, 0.05) is 44.1 Å². The third-order valence-electron chi connectivity index (χ3n) is 7.35. The van der Waals surface area contributed by atoms with Crippen LogP contribution in [-0.2, 0) is 4.79 Å². The number of anilines is 1. The maximum atomic E-state index is 13.3. The van der Waals surface area contributed by atoms with E-state index in [4.69, 9.17) is 0 Å². The standard InChI is InChI=1S/C26H32N4O2/c1-19-9-11-21(12-10-19)30-23(25-22(26(30)32)8-5-13-27-25)18-24(31)29-16-14-28(15-17-29)20-6-3-2-4-7-20/h5,8-13,20,23H,2-4,6-7,14-18H2,1H3/t23-/m1/s1. The Morgan fingerprint density at radius 1 is 1.00 bits per heavy atom. The number of aromatic nitrogens is 1. The van der Waals surface area contributed by atoms with E-state index in [1.165, 1.54) is 32.1 Å². The van der Waals surface area contributed by atoms with Crippen molar-refractivity contribution < 1.29 is 9.59 Å². The van der Waals surface area contributed by atoms with Crippen LogP contribution in [0.15, 0.2) is 42.6 Å². The van der Waals surface area contributed by atoms with E-state index in [1.807, 2.05) is 42.2 Å². The van der Waals surface area contributed by atoms with Crippen LogP contribution in [0.25, 0.3) is 0 Å². The SMILES string of the molecule is Cc1ccc(N2C(=O)c3cccnc3[C@H]2CC(=O)N2CCN(C3CCCCC3)CC2)cc1. The summed E-state index contributed by atoms with van der Waals surface area (Å²) in [5, 5.41) is 0. The number of nitrogens with zero attached hydrogens (tertiary/aromatic N) is 4. The quantitative estimate of drug-likeness (QED) is 0.734. The fraction of sp³-hybridized carbons (Fsp3) is 0.500. The van der Waals surface area contributed by atoms with Crippen molar-refractivity contribution in [1.29, 1.82) is 0 Å². The second-order valence-corrected chi connectivity index (χ2v) is 9.38. The molecule has 32 heavy (non-hydrogen) atoms. The normalized spacial score (nSPS) is 22.3. The first-order valence-electron chi connectivity index (χ1n) is 12.0. The van der Waals surface area contributed by atoms with E-state index in [1.54, 1.807) is 17.2 Å². The van der Waals surface area contributed by atoms with E-state index in [2.05, 4.69) is 9.88 Å². The lowest BCUT2D eigenvalue weighted by atomic mass is 9.94. The van der Waals surface area contributed by atoms with E-state index >= 15 is 0 Å². The monoisotopic (exact) mass is 432 g/mol. The summed E-state index contributed by atoms with van der Waals surface area (Å²) >= 11 is 0. The molecule has 1 aromatic carbocycles. The van der Waals surface area contributed by atoms with Crippen LogP contribution in [0.3, 0.4) is 0 Å². The summed E-state index contributed by atoms with van der Waals surface area (Å²) in [4.78, 5) is 37.4. The summed E-state index contributed by atoms with van der Waals surface area (Å²) in [6, 6.07) is 11.9. The number of fused-ring (bicyclic) bond motifs is 1. The Morgan fingerprint density at radius 3 is 2.44 bits per heavy atom. The Kier molecular flexibility index (Phi) is 5.96. The first-order chi connectivity index (χ1) is 15.6. The van der Waals surface area contributed by atoms with E-state index in [0.717, 1.165) is 37.4 Å². The number of pyridine rings is 1. The highest BCUT2D eigenvalue weighted by Crippen LogP contribution is 2.38. The largest absolute Gasteiger partial charge is 0.340 e. The van der Waals surface area contributed by atoms with Crippen molar-refractivity contribution >= 4 is 17.5 Å². The van der Waals surface area contributed by atoms with Crippen molar-refractivity contribution in [2.75, 3.05) is 31.1 Å². The summed E-state index contributed by atoms with van der Waals surface area (Å²) in [5.74, 6) is 0.0404. The van der Waals surface area contributed by atoms with Gasteiger partial charge in [-0.25, -0.2) is 0 Å². The molecule has 0 unspecified atom stereocenters. The van der Waals surface area contributed by atoms with Gasteiger partial charge in [0.15, 0.2) is 0 Å². The molecule has 1 aromatic heterocycles. The minimum atomic E-state index is -0.356. The molecule has 5 rings (SSSR count). The maximum absolute atomic E-state index is 13.3. The molecule has 0 bridgehead atoms. The summed E-state index contributed by atoms with van der Waals surface area (Å²) in [6.07, 6.45) is 8.61. The molecule has 2 aliphatic heterocycles. The van der Waals surface area contributed by atoms with E-state index in [-0.39, 0.29) is 24.3 Å². The van der Waals surface area contributed by atoms with E-state index in [9.17, 15) is 9.59 Å². The van der Waals surface area contributed by atoms with Crippen LogP contribution in [-0.4, -0.2) is 58.8 Å². The molecule has 6 heteroatoms. The Bertz CT molecular complexity index is 976. The Balaban J connectivity index is 1.30. The molecule has 6 nitrogen and oxygen atoms in total. The fourth-order valence-corrected chi connectivity index (χ4v) is 5.53. The van der Waals surface area contributed by atoms with Gasteiger partial charge >= 0.3 is 0 Å². The first kappa shape index (κ1) is 21.1. The molecule has 2 aromatic rings. The molecule has 1 atom stereocenters. The van der Waals surface area contributed by atoms with Gasteiger partial charge < -0.3 is 4.90 Å². The predicted molar refractivity (Wildman–Crippen MR) is 125 cm³/mol. The first-order valence-corrected chi connectivity index (χ1v) is 12.0. The molecule has 0 radical (unpaired) electrons. The highest BCUT2D eigenvalue weighted by molar-refractivity contribution is 6.11. The van der Waals surface area contributed by atoms with Gasteiger partial charge in [-0.3, -0.25) is 24.4 Å². The number of amides is 2. The highest BCUT2D eigenvalue weighted by atomic mass is 16.2. The molecule has 3 heterocycles. The van der Waals surface area contributed by atoms with Crippen molar-refractivity contribution in [3.05, 3.63) is 59.4 Å². The zero-order chi connectivity index (χ0) is 22.1. The summed E-state index contributed by atoms with van der Waals surface area (Å²) < 4.78 is 0.